The van der Waals surface area contributed by atoms with Gasteiger partial charge in [-0.2, -0.15) is 11.3 Å². The van der Waals surface area contributed by atoms with Gasteiger partial charge in [0.25, 0.3) is 0 Å². The van der Waals surface area contributed by atoms with Crippen molar-refractivity contribution in [2.45, 2.75) is 50.8 Å². The smallest absolute Gasteiger partial charge is 0.210 e. The summed E-state index contributed by atoms with van der Waals surface area (Å²) >= 11 is 1.67. The highest BCUT2D eigenvalue weighted by molar-refractivity contribution is 7.89. The molecule has 1 aliphatic rings. The van der Waals surface area contributed by atoms with E-state index in [-0.39, 0.29) is 5.41 Å². The first-order valence-corrected chi connectivity index (χ1v) is 10.3. The lowest BCUT2D eigenvalue weighted by atomic mass is 10.0. The molecule has 0 saturated heterocycles. The fourth-order valence-electron chi connectivity index (χ4n) is 3.17. The molecule has 3 rings (SSSR count). The van der Waals surface area contributed by atoms with Gasteiger partial charge < -0.3 is 0 Å². The molecule has 0 spiro atoms. The Morgan fingerprint density at radius 3 is 2.22 bits per heavy atom. The van der Waals surface area contributed by atoms with Crippen molar-refractivity contribution in [3.8, 4) is 0 Å². The van der Waals surface area contributed by atoms with Crippen molar-refractivity contribution in [1.29, 1.82) is 0 Å². The van der Waals surface area contributed by atoms with Crippen LogP contribution in [0.15, 0.2) is 27.8 Å². The molecule has 1 heterocycles. The van der Waals surface area contributed by atoms with Gasteiger partial charge in [0.2, 0.25) is 10.0 Å². The molecule has 2 aromatic rings. The van der Waals surface area contributed by atoms with Gasteiger partial charge in [-0.3, -0.25) is 0 Å². The van der Waals surface area contributed by atoms with E-state index in [2.05, 4.69) is 27.6 Å². The van der Waals surface area contributed by atoms with Crippen LogP contribution in [0.4, 0.5) is 0 Å². The van der Waals surface area contributed by atoms with Crippen LogP contribution >= 0.6 is 11.3 Å². The Labute approximate surface area is 142 Å². The third kappa shape index (κ3) is 2.97. The molecule has 0 amide bonds. The molecule has 1 aromatic carbocycles. The third-order valence-corrected chi connectivity index (χ3v) is 7.51. The van der Waals surface area contributed by atoms with Crippen molar-refractivity contribution in [3.05, 3.63) is 50.7 Å². The van der Waals surface area contributed by atoms with Crippen LogP contribution in [0, 0.1) is 27.7 Å². The summed E-state index contributed by atoms with van der Waals surface area (Å²) in [5, 5.41) is 4.19. The van der Waals surface area contributed by atoms with Crippen molar-refractivity contribution < 1.29 is 8.42 Å². The zero-order valence-corrected chi connectivity index (χ0v) is 15.7. The lowest BCUT2D eigenvalue weighted by Gasteiger charge is -2.19. The number of hydrogen-bond donors (Lipinski definition) is 1. The van der Waals surface area contributed by atoms with Gasteiger partial charge in [0.05, 0.1) is 4.90 Å². The summed E-state index contributed by atoms with van der Waals surface area (Å²) in [6.07, 6.45) is 2.11. The lowest BCUT2D eigenvalue weighted by molar-refractivity contribution is 0.566. The van der Waals surface area contributed by atoms with Crippen LogP contribution in [-0.2, 0) is 15.4 Å². The predicted octanol–water partition coefficient (Wildman–Crippen LogP) is 3.99. The Bertz CT molecular complexity index is 806. The van der Waals surface area contributed by atoms with Gasteiger partial charge in [-0.25, -0.2) is 13.1 Å². The maximum Gasteiger partial charge on any atom is 0.241 e. The van der Waals surface area contributed by atoms with Gasteiger partial charge in [0.15, 0.2) is 0 Å². The molecule has 1 fully saturated rings. The van der Waals surface area contributed by atoms with E-state index in [0.29, 0.717) is 11.4 Å². The van der Waals surface area contributed by atoms with Crippen molar-refractivity contribution in [1.82, 2.24) is 4.72 Å². The van der Waals surface area contributed by atoms with Crippen molar-refractivity contribution in [2.75, 3.05) is 6.54 Å². The van der Waals surface area contributed by atoms with Crippen LogP contribution in [0.1, 0.15) is 40.7 Å². The summed E-state index contributed by atoms with van der Waals surface area (Å²) in [7, 11) is -3.50. The summed E-state index contributed by atoms with van der Waals surface area (Å²) in [5.41, 5.74) is 5.01. The molecule has 1 aliphatic carbocycles. The standard InChI is InChI=1S/C18H23NO2S2/c1-12-9-13(2)15(4)17(14(12)3)23(20,21)19-11-18(6-7-18)16-5-8-22-10-16/h5,8-10,19H,6-7,11H2,1-4H3. The first-order chi connectivity index (χ1) is 10.8. The normalized spacial score (nSPS) is 16.5. The molecule has 0 atom stereocenters. The number of aryl methyl sites for hydroxylation is 2. The first kappa shape index (κ1) is 16.7. The van der Waals surface area contributed by atoms with Gasteiger partial charge in [-0.15, -0.1) is 0 Å². The van der Waals surface area contributed by atoms with Crippen LogP contribution in [0.5, 0.6) is 0 Å². The van der Waals surface area contributed by atoms with Gasteiger partial charge in [0.1, 0.15) is 0 Å². The molecule has 124 valence electrons. The van der Waals surface area contributed by atoms with E-state index in [9.17, 15) is 8.42 Å². The van der Waals surface area contributed by atoms with E-state index in [1.165, 1.54) is 5.56 Å². The summed E-state index contributed by atoms with van der Waals surface area (Å²) in [5.74, 6) is 0. The second-order valence-electron chi connectivity index (χ2n) is 6.71. The number of benzene rings is 1. The zero-order chi connectivity index (χ0) is 16.8. The summed E-state index contributed by atoms with van der Waals surface area (Å²) in [6, 6.07) is 4.16. The number of rotatable bonds is 5. The molecule has 0 radical (unpaired) electrons. The van der Waals surface area contributed by atoms with Gasteiger partial charge >= 0.3 is 0 Å². The average molecular weight is 350 g/mol. The molecule has 5 heteroatoms. The Balaban J connectivity index is 1.89. The fourth-order valence-corrected chi connectivity index (χ4v) is 5.69. The second-order valence-corrected chi connectivity index (χ2v) is 9.19. The molecule has 1 N–H and O–H groups in total. The van der Waals surface area contributed by atoms with E-state index in [1.54, 1.807) is 11.3 Å². The Hall–Kier alpha value is -1.17. The summed E-state index contributed by atoms with van der Waals surface area (Å²) in [6.45, 7) is 8.20. The van der Waals surface area contributed by atoms with E-state index in [4.69, 9.17) is 0 Å². The van der Waals surface area contributed by atoms with Crippen molar-refractivity contribution >= 4 is 21.4 Å². The second kappa shape index (κ2) is 5.72. The SMILES string of the molecule is Cc1cc(C)c(C)c(S(=O)(=O)NCC2(c3ccsc3)CC2)c1C. The van der Waals surface area contributed by atoms with Crippen LogP contribution in [0.3, 0.4) is 0 Å². The topological polar surface area (TPSA) is 46.2 Å². The molecule has 1 saturated carbocycles. The average Bonchev–Trinajstić information content (AvgIpc) is 3.07. The zero-order valence-electron chi connectivity index (χ0n) is 14.1. The van der Waals surface area contributed by atoms with Crippen LogP contribution < -0.4 is 4.72 Å². The van der Waals surface area contributed by atoms with Gasteiger partial charge in [-0.05, 0) is 85.2 Å². The van der Waals surface area contributed by atoms with Gasteiger partial charge in [-0.1, -0.05) is 6.07 Å². The lowest BCUT2D eigenvalue weighted by Crippen LogP contribution is -2.33. The maximum absolute atomic E-state index is 12.9. The van der Waals surface area contributed by atoms with E-state index in [1.807, 2.05) is 27.7 Å². The molecule has 1 aromatic heterocycles. The minimum Gasteiger partial charge on any atom is -0.210 e. The predicted molar refractivity (Wildman–Crippen MR) is 95.8 cm³/mol. The molecular formula is C18H23NO2S2. The maximum atomic E-state index is 12.9. The first-order valence-electron chi connectivity index (χ1n) is 7.87. The number of sulfonamides is 1. The third-order valence-electron chi connectivity index (χ3n) is 5.15. The van der Waals surface area contributed by atoms with E-state index in [0.717, 1.165) is 35.1 Å². The summed E-state index contributed by atoms with van der Waals surface area (Å²) < 4.78 is 28.7. The minimum absolute atomic E-state index is 0.00769. The Morgan fingerprint density at radius 1 is 1.13 bits per heavy atom. The largest absolute Gasteiger partial charge is 0.241 e. The van der Waals surface area contributed by atoms with Gasteiger partial charge in [0, 0.05) is 12.0 Å². The van der Waals surface area contributed by atoms with Crippen LogP contribution in [0.2, 0.25) is 0 Å². The number of thiophene rings is 1. The number of hydrogen-bond acceptors (Lipinski definition) is 3. The van der Waals surface area contributed by atoms with Crippen molar-refractivity contribution in [2.24, 2.45) is 0 Å². The Morgan fingerprint density at radius 2 is 1.74 bits per heavy atom. The number of nitrogens with one attached hydrogen (secondary N) is 1. The summed E-state index contributed by atoms with van der Waals surface area (Å²) in [4.78, 5) is 0.455. The van der Waals surface area contributed by atoms with E-state index < -0.39 is 10.0 Å². The quantitative estimate of drug-likeness (QED) is 0.887. The highest BCUT2D eigenvalue weighted by Gasteiger charge is 2.45. The highest BCUT2D eigenvalue weighted by Crippen LogP contribution is 2.48. The van der Waals surface area contributed by atoms with E-state index >= 15 is 0 Å². The van der Waals surface area contributed by atoms with Crippen LogP contribution in [-0.4, -0.2) is 15.0 Å². The molecule has 23 heavy (non-hydrogen) atoms. The highest BCUT2D eigenvalue weighted by atomic mass is 32.2. The molecule has 0 bridgehead atoms. The Kier molecular flexibility index (Phi) is 4.15. The minimum atomic E-state index is -3.50. The molecule has 3 nitrogen and oxygen atoms in total. The van der Waals surface area contributed by atoms with Crippen molar-refractivity contribution in [3.63, 3.8) is 0 Å². The monoisotopic (exact) mass is 349 g/mol. The molecule has 0 aliphatic heterocycles. The van der Waals surface area contributed by atoms with Crippen LogP contribution in [0.25, 0.3) is 0 Å². The fraction of sp³-hybridized carbons (Fsp3) is 0.444. The molecule has 0 unspecified atom stereocenters. The molecular weight excluding hydrogens is 326 g/mol.